The second kappa shape index (κ2) is 6.33. The molecule has 0 heterocycles. The van der Waals surface area contributed by atoms with Gasteiger partial charge in [-0.25, -0.2) is 4.39 Å². The van der Waals surface area contributed by atoms with Crippen molar-refractivity contribution in [2.45, 2.75) is 18.9 Å². The van der Waals surface area contributed by atoms with Crippen LogP contribution in [-0.4, -0.2) is 31.6 Å². The second-order valence-corrected chi connectivity index (χ2v) is 5.15. The van der Waals surface area contributed by atoms with Crippen molar-refractivity contribution in [1.29, 1.82) is 0 Å². The Labute approximate surface area is 105 Å². The van der Waals surface area contributed by atoms with Crippen molar-refractivity contribution < 1.29 is 4.39 Å². The molecule has 90 valence electrons. The van der Waals surface area contributed by atoms with Crippen molar-refractivity contribution in [2.75, 3.05) is 20.6 Å². The zero-order chi connectivity index (χ0) is 12.1. The number of hydrogen-bond donors (Lipinski definition) is 1. The molecule has 1 aromatic carbocycles. The molecule has 0 aliphatic rings. The van der Waals surface area contributed by atoms with Crippen molar-refractivity contribution in [1.82, 2.24) is 4.90 Å². The molecule has 0 aliphatic carbocycles. The van der Waals surface area contributed by atoms with Gasteiger partial charge in [0.15, 0.2) is 0 Å². The van der Waals surface area contributed by atoms with E-state index in [-0.39, 0.29) is 11.9 Å². The van der Waals surface area contributed by atoms with Crippen LogP contribution in [0.1, 0.15) is 12.0 Å². The first-order valence-corrected chi connectivity index (χ1v) is 6.12. The lowest BCUT2D eigenvalue weighted by Gasteiger charge is -2.16. The maximum absolute atomic E-state index is 13.0. The molecule has 0 bridgehead atoms. The summed E-state index contributed by atoms with van der Waals surface area (Å²) in [6, 6.07) is 4.78. The lowest BCUT2D eigenvalue weighted by atomic mass is 10.0. The number of halogens is 2. The summed E-state index contributed by atoms with van der Waals surface area (Å²) in [4.78, 5) is 2.10. The summed E-state index contributed by atoms with van der Waals surface area (Å²) >= 11 is 3.41. The van der Waals surface area contributed by atoms with Gasteiger partial charge in [0, 0.05) is 10.5 Å². The van der Waals surface area contributed by atoms with Gasteiger partial charge in [0.05, 0.1) is 0 Å². The number of benzene rings is 1. The lowest BCUT2D eigenvalue weighted by molar-refractivity contribution is 0.379. The van der Waals surface area contributed by atoms with E-state index in [0.717, 1.165) is 23.0 Å². The van der Waals surface area contributed by atoms with Crippen molar-refractivity contribution in [3.63, 3.8) is 0 Å². The summed E-state index contributed by atoms with van der Waals surface area (Å²) in [6.07, 6.45) is 1.61. The van der Waals surface area contributed by atoms with E-state index in [1.165, 1.54) is 6.07 Å². The van der Waals surface area contributed by atoms with Crippen LogP contribution in [0.2, 0.25) is 0 Å². The average molecular weight is 289 g/mol. The minimum atomic E-state index is -0.210. The summed E-state index contributed by atoms with van der Waals surface area (Å²) in [7, 11) is 4.04. The topological polar surface area (TPSA) is 29.3 Å². The fourth-order valence-corrected chi connectivity index (χ4v) is 1.92. The summed E-state index contributed by atoms with van der Waals surface area (Å²) in [6.45, 7) is 0.952. The van der Waals surface area contributed by atoms with Crippen molar-refractivity contribution in [2.24, 2.45) is 5.73 Å². The van der Waals surface area contributed by atoms with Crippen molar-refractivity contribution >= 4 is 15.9 Å². The van der Waals surface area contributed by atoms with Gasteiger partial charge in [-0.3, -0.25) is 0 Å². The molecule has 1 atom stereocenters. The third-order valence-electron chi connectivity index (χ3n) is 2.44. The smallest absolute Gasteiger partial charge is 0.123 e. The summed E-state index contributed by atoms with van der Waals surface area (Å²) in [5.41, 5.74) is 6.94. The summed E-state index contributed by atoms with van der Waals surface area (Å²) < 4.78 is 14.0. The highest BCUT2D eigenvalue weighted by atomic mass is 79.9. The molecule has 0 saturated heterocycles. The number of rotatable bonds is 5. The number of nitrogens with two attached hydrogens (primary N) is 1. The third kappa shape index (κ3) is 4.60. The van der Waals surface area contributed by atoms with E-state index in [2.05, 4.69) is 20.8 Å². The molecule has 0 saturated carbocycles. The van der Waals surface area contributed by atoms with E-state index in [1.54, 1.807) is 12.1 Å². The van der Waals surface area contributed by atoms with Gasteiger partial charge in [-0.2, -0.15) is 0 Å². The lowest BCUT2D eigenvalue weighted by Crippen LogP contribution is -2.28. The molecule has 2 N–H and O–H groups in total. The predicted molar refractivity (Wildman–Crippen MR) is 69.0 cm³/mol. The van der Waals surface area contributed by atoms with E-state index in [4.69, 9.17) is 5.73 Å². The Morgan fingerprint density at radius 1 is 1.44 bits per heavy atom. The molecule has 1 rings (SSSR count). The van der Waals surface area contributed by atoms with Crippen molar-refractivity contribution in [3.8, 4) is 0 Å². The quantitative estimate of drug-likeness (QED) is 0.902. The maximum Gasteiger partial charge on any atom is 0.123 e. The normalized spacial score (nSPS) is 13.1. The van der Waals surface area contributed by atoms with Gasteiger partial charge in [0.2, 0.25) is 0 Å². The zero-order valence-corrected chi connectivity index (χ0v) is 11.3. The highest BCUT2D eigenvalue weighted by Crippen LogP contribution is 2.19. The summed E-state index contributed by atoms with van der Waals surface area (Å²) in [5, 5.41) is 0. The molecule has 4 heteroatoms. The molecule has 0 amide bonds. The van der Waals surface area contributed by atoms with Gasteiger partial charge >= 0.3 is 0 Å². The molecule has 0 radical (unpaired) electrons. The van der Waals surface area contributed by atoms with Crippen LogP contribution in [0.4, 0.5) is 4.39 Å². The molecule has 1 unspecified atom stereocenters. The number of nitrogens with zero attached hydrogens (tertiary/aromatic N) is 1. The van der Waals surface area contributed by atoms with Crippen LogP contribution in [-0.2, 0) is 6.42 Å². The molecule has 0 aromatic heterocycles. The van der Waals surface area contributed by atoms with Crippen LogP contribution >= 0.6 is 15.9 Å². The molecular weight excluding hydrogens is 271 g/mol. The molecule has 0 fully saturated rings. The Morgan fingerprint density at radius 3 is 2.75 bits per heavy atom. The fourth-order valence-electron chi connectivity index (χ4n) is 1.51. The van der Waals surface area contributed by atoms with Crippen LogP contribution in [0.5, 0.6) is 0 Å². The average Bonchev–Trinajstić information content (AvgIpc) is 2.20. The van der Waals surface area contributed by atoms with E-state index in [9.17, 15) is 4.39 Å². The number of hydrogen-bond acceptors (Lipinski definition) is 2. The Kier molecular flexibility index (Phi) is 5.38. The van der Waals surface area contributed by atoms with Gasteiger partial charge in [-0.15, -0.1) is 0 Å². The predicted octanol–water partition coefficient (Wildman–Crippen LogP) is 2.41. The molecule has 16 heavy (non-hydrogen) atoms. The van der Waals surface area contributed by atoms with E-state index in [1.807, 2.05) is 14.1 Å². The second-order valence-electron chi connectivity index (χ2n) is 4.29. The highest BCUT2D eigenvalue weighted by Gasteiger charge is 2.08. The molecular formula is C12H18BrFN2. The SMILES string of the molecule is CN(C)CCC(N)Cc1cc(F)ccc1Br. The molecule has 0 spiro atoms. The third-order valence-corrected chi connectivity index (χ3v) is 3.21. The monoisotopic (exact) mass is 288 g/mol. The first-order valence-electron chi connectivity index (χ1n) is 5.33. The molecule has 2 nitrogen and oxygen atoms in total. The standard InChI is InChI=1S/C12H18BrFN2/c1-16(2)6-5-11(15)8-9-7-10(14)3-4-12(9)13/h3-4,7,11H,5-6,8,15H2,1-2H3. The van der Waals surface area contributed by atoms with Crippen LogP contribution in [0.3, 0.4) is 0 Å². The zero-order valence-electron chi connectivity index (χ0n) is 9.71. The Balaban J connectivity index is 2.55. The minimum Gasteiger partial charge on any atom is -0.327 e. The Hall–Kier alpha value is -0.450. The molecule has 1 aromatic rings. The highest BCUT2D eigenvalue weighted by molar-refractivity contribution is 9.10. The largest absolute Gasteiger partial charge is 0.327 e. The van der Waals surface area contributed by atoms with Gasteiger partial charge in [0.1, 0.15) is 5.82 Å². The summed E-state index contributed by atoms with van der Waals surface area (Å²) in [5.74, 6) is -0.210. The van der Waals surface area contributed by atoms with Gasteiger partial charge in [-0.1, -0.05) is 15.9 Å². The Bertz CT molecular complexity index is 342. The van der Waals surface area contributed by atoms with Gasteiger partial charge < -0.3 is 10.6 Å². The molecule has 0 aliphatic heterocycles. The van der Waals surface area contributed by atoms with Gasteiger partial charge in [-0.05, 0) is 57.2 Å². The van der Waals surface area contributed by atoms with Crippen molar-refractivity contribution in [3.05, 3.63) is 34.1 Å². The Morgan fingerprint density at radius 2 is 2.12 bits per heavy atom. The minimum absolute atomic E-state index is 0.0699. The van der Waals surface area contributed by atoms with E-state index < -0.39 is 0 Å². The van der Waals surface area contributed by atoms with Crippen LogP contribution in [0.15, 0.2) is 22.7 Å². The van der Waals surface area contributed by atoms with Crippen LogP contribution in [0.25, 0.3) is 0 Å². The van der Waals surface area contributed by atoms with Gasteiger partial charge in [0.25, 0.3) is 0 Å². The maximum atomic E-state index is 13.0. The fraction of sp³-hybridized carbons (Fsp3) is 0.500. The van der Waals surface area contributed by atoms with E-state index >= 15 is 0 Å². The van der Waals surface area contributed by atoms with Crippen LogP contribution < -0.4 is 5.73 Å². The van der Waals surface area contributed by atoms with E-state index in [0.29, 0.717) is 6.42 Å². The first kappa shape index (κ1) is 13.6. The van der Waals surface area contributed by atoms with Crippen LogP contribution in [0, 0.1) is 5.82 Å². The first-order chi connectivity index (χ1) is 7.49.